The summed E-state index contributed by atoms with van der Waals surface area (Å²) in [6.45, 7) is 4.68. The van der Waals surface area contributed by atoms with E-state index in [9.17, 15) is 4.79 Å². The number of carbonyl (C=O) groups is 1. The zero-order chi connectivity index (χ0) is 11.3. The Balaban J connectivity index is 2.70. The van der Waals surface area contributed by atoms with Crippen LogP contribution in [0.1, 0.15) is 20.3 Å². The zero-order valence-corrected chi connectivity index (χ0v) is 9.18. The molecule has 3 nitrogen and oxygen atoms in total. The molecule has 0 aliphatic carbocycles. The molecule has 15 heavy (non-hydrogen) atoms. The lowest BCUT2D eigenvalue weighted by molar-refractivity contribution is -0.136. The van der Waals surface area contributed by atoms with E-state index < -0.39 is 5.97 Å². The van der Waals surface area contributed by atoms with E-state index in [0.717, 1.165) is 5.69 Å². The molecule has 0 amide bonds. The molecule has 0 aliphatic rings. The Kier molecular flexibility index (Phi) is 4.16. The number of rotatable bonds is 5. The summed E-state index contributed by atoms with van der Waals surface area (Å²) < 4.78 is 0. The molecule has 0 aromatic heterocycles. The minimum absolute atomic E-state index is 0.174. The normalized spacial score (nSPS) is 10.3. The SMILES string of the molecule is CC(C)N(CCC(=O)O)c1ccccc1. The van der Waals surface area contributed by atoms with E-state index in [4.69, 9.17) is 5.11 Å². The highest BCUT2D eigenvalue weighted by Gasteiger charge is 2.11. The van der Waals surface area contributed by atoms with Crippen LogP contribution in [0.3, 0.4) is 0 Å². The molecule has 0 fully saturated rings. The van der Waals surface area contributed by atoms with Gasteiger partial charge in [-0.2, -0.15) is 0 Å². The van der Waals surface area contributed by atoms with Gasteiger partial charge in [-0.3, -0.25) is 4.79 Å². The number of hydrogen-bond donors (Lipinski definition) is 1. The quantitative estimate of drug-likeness (QED) is 0.805. The summed E-state index contributed by atoms with van der Waals surface area (Å²) in [5.41, 5.74) is 1.08. The average molecular weight is 207 g/mol. The molecule has 0 radical (unpaired) electrons. The summed E-state index contributed by atoms with van der Waals surface area (Å²) in [5.74, 6) is -0.753. The molecule has 0 heterocycles. The van der Waals surface area contributed by atoms with E-state index in [1.54, 1.807) is 0 Å². The Morgan fingerprint density at radius 1 is 1.33 bits per heavy atom. The third-order valence-electron chi connectivity index (χ3n) is 2.28. The van der Waals surface area contributed by atoms with Gasteiger partial charge in [-0.25, -0.2) is 0 Å². The molecule has 0 aliphatic heterocycles. The van der Waals surface area contributed by atoms with Crippen LogP contribution in [0.2, 0.25) is 0 Å². The lowest BCUT2D eigenvalue weighted by atomic mass is 10.2. The standard InChI is InChI=1S/C12H17NO2/c1-10(2)13(9-8-12(14)15)11-6-4-3-5-7-11/h3-7,10H,8-9H2,1-2H3,(H,14,15). The summed E-state index contributed by atoms with van der Waals surface area (Å²) in [7, 11) is 0. The molecule has 0 saturated carbocycles. The lowest BCUT2D eigenvalue weighted by Crippen LogP contribution is -2.32. The van der Waals surface area contributed by atoms with E-state index >= 15 is 0 Å². The van der Waals surface area contributed by atoms with Crippen LogP contribution in [0, 0.1) is 0 Å². The Hall–Kier alpha value is -1.51. The minimum Gasteiger partial charge on any atom is -0.481 e. The molecule has 1 rings (SSSR count). The van der Waals surface area contributed by atoms with Crippen molar-refractivity contribution >= 4 is 11.7 Å². The predicted octanol–water partition coefficient (Wildman–Crippen LogP) is 2.38. The summed E-state index contributed by atoms with van der Waals surface area (Å²) in [6, 6.07) is 10.2. The largest absolute Gasteiger partial charge is 0.481 e. The van der Waals surface area contributed by atoms with Gasteiger partial charge in [0.2, 0.25) is 0 Å². The van der Waals surface area contributed by atoms with Crippen LogP contribution < -0.4 is 4.90 Å². The molecule has 82 valence electrons. The van der Waals surface area contributed by atoms with Gasteiger partial charge >= 0.3 is 5.97 Å². The van der Waals surface area contributed by atoms with Gasteiger partial charge in [0.25, 0.3) is 0 Å². The molecule has 1 aromatic rings. The number of benzene rings is 1. The molecule has 0 unspecified atom stereocenters. The van der Waals surface area contributed by atoms with Crippen molar-refractivity contribution in [1.29, 1.82) is 0 Å². The van der Waals surface area contributed by atoms with Crippen LogP contribution in [-0.4, -0.2) is 23.7 Å². The number of nitrogens with zero attached hydrogens (tertiary/aromatic N) is 1. The number of hydrogen-bond acceptors (Lipinski definition) is 2. The fourth-order valence-corrected chi connectivity index (χ4v) is 1.52. The van der Waals surface area contributed by atoms with Gasteiger partial charge in [-0.15, -0.1) is 0 Å². The van der Waals surface area contributed by atoms with Crippen molar-refractivity contribution in [1.82, 2.24) is 0 Å². The highest BCUT2D eigenvalue weighted by Crippen LogP contribution is 2.16. The fourth-order valence-electron chi connectivity index (χ4n) is 1.52. The predicted molar refractivity (Wildman–Crippen MR) is 61.2 cm³/mol. The van der Waals surface area contributed by atoms with Gasteiger partial charge in [0.1, 0.15) is 0 Å². The molecular formula is C12H17NO2. The summed E-state index contributed by atoms with van der Waals surface area (Å²) in [4.78, 5) is 12.6. The van der Waals surface area contributed by atoms with E-state index in [1.165, 1.54) is 0 Å². The first-order valence-electron chi connectivity index (χ1n) is 5.14. The smallest absolute Gasteiger partial charge is 0.305 e. The summed E-state index contributed by atoms with van der Waals surface area (Å²) in [6.07, 6.45) is 0.174. The van der Waals surface area contributed by atoms with Crippen LogP contribution >= 0.6 is 0 Å². The van der Waals surface area contributed by atoms with Crippen molar-refractivity contribution in [3.8, 4) is 0 Å². The number of aliphatic carboxylic acids is 1. The monoisotopic (exact) mass is 207 g/mol. The zero-order valence-electron chi connectivity index (χ0n) is 9.18. The number of carboxylic acid groups (broad SMARTS) is 1. The minimum atomic E-state index is -0.753. The van der Waals surface area contributed by atoms with Crippen LogP contribution in [-0.2, 0) is 4.79 Å². The van der Waals surface area contributed by atoms with Gasteiger partial charge in [0, 0.05) is 18.3 Å². The highest BCUT2D eigenvalue weighted by molar-refractivity contribution is 5.67. The van der Waals surface area contributed by atoms with Crippen molar-refractivity contribution in [2.45, 2.75) is 26.3 Å². The van der Waals surface area contributed by atoms with E-state index in [1.807, 2.05) is 30.3 Å². The van der Waals surface area contributed by atoms with E-state index in [0.29, 0.717) is 12.6 Å². The molecular weight excluding hydrogens is 190 g/mol. The van der Waals surface area contributed by atoms with Crippen molar-refractivity contribution in [2.24, 2.45) is 0 Å². The second-order valence-corrected chi connectivity index (χ2v) is 3.77. The summed E-state index contributed by atoms with van der Waals surface area (Å²) in [5, 5.41) is 8.66. The molecule has 0 saturated heterocycles. The van der Waals surface area contributed by atoms with Crippen LogP contribution in [0.4, 0.5) is 5.69 Å². The third-order valence-corrected chi connectivity index (χ3v) is 2.28. The van der Waals surface area contributed by atoms with Crippen LogP contribution in [0.25, 0.3) is 0 Å². The Labute approximate surface area is 90.3 Å². The maximum absolute atomic E-state index is 10.5. The second-order valence-electron chi connectivity index (χ2n) is 3.77. The maximum Gasteiger partial charge on any atom is 0.305 e. The Morgan fingerprint density at radius 3 is 2.40 bits per heavy atom. The van der Waals surface area contributed by atoms with Crippen LogP contribution in [0.15, 0.2) is 30.3 Å². The molecule has 0 bridgehead atoms. The van der Waals surface area contributed by atoms with Crippen molar-refractivity contribution in [2.75, 3.05) is 11.4 Å². The fraction of sp³-hybridized carbons (Fsp3) is 0.417. The van der Waals surface area contributed by atoms with Crippen LogP contribution in [0.5, 0.6) is 0 Å². The van der Waals surface area contributed by atoms with E-state index in [-0.39, 0.29) is 6.42 Å². The number of para-hydroxylation sites is 1. The first kappa shape index (κ1) is 11.6. The van der Waals surface area contributed by atoms with Gasteiger partial charge in [0.05, 0.1) is 6.42 Å². The van der Waals surface area contributed by atoms with Crippen molar-refractivity contribution in [3.63, 3.8) is 0 Å². The molecule has 1 aromatic carbocycles. The van der Waals surface area contributed by atoms with E-state index in [2.05, 4.69) is 18.7 Å². The number of anilines is 1. The topological polar surface area (TPSA) is 40.5 Å². The molecule has 3 heteroatoms. The lowest BCUT2D eigenvalue weighted by Gasteiger charge is -2.28. The highest BCUT2D eigenvalue weighted by atomic mass is 16.4. The van der Waals surface area contributed by atoms with Gasteiger partial charge in [-0.1, -0.05) is 18.2 Å². The van der Waals surface area contributed by atoms with Gasteiger partial charge < -0.3 is 10.0 Å². The summed E-state index contributed by atoms with van der Waals surface area (Å²) >= 11 is 0. The molecule has 1 N–H and O–H groups in total. The van der Waals surface area contributed by atoms with Crippen molar-refractivity contribution in [3.05, 3.63) is 30.3 Å². The Morgan fingerprint density at radius 2 is 1.93 bits per heavy atom. The molecule has 0 spiro atoms. The molecule has 0 atom stereocenters. The first-order chi connectivity index (χ1) is 7.11. The Bertz CT molecular complexity index is 309. The second kappa shape index (κ2) is 5.39. The van der Waals surface area contributed by atoms with Crippen molar-refractivity contribution < 1.29 is 9.90 Å². The van der Waals surface area contributed by atoms with Gasteiger partial charge in [0.15, 0.2) is 0 Å². The average Bonchev–Trinajstić information content (AvgIpc) is 2.18. The number of carboxylic acids is 1. The van der Waals surface area contributed by atoms with Gasteiger partial charge in [-0.05, 0) is 26.0 Å². The first-order valence-corrected chi connectivity index (χ1v) is 5.14. The third kappa shape index (κ3) is 3.62. The maximum atomic E-state index is 10.5.